The van der Waals surface area contributed by atoms with E-state index in [1.165, 1.54) is 19.8 Å². The Morgan fingerprint density at radius 3 is 2.56 bits per heavy atom. The van der Waals surface area contributed by atoms with Gasteiger partial charge in [-0.2, -0.15) is 0 Å². The predicted molar refractivity (Wildman–Crippen MR) is 75.5 cm³/mol. The van der Waals surface area contributed by atoms with E-state index in [1.54, 1.807) is 11.3 Å². The first-order valence-corrected chi connectivity index (χ1v) is 7.15. The minimum absolute atomic E-state index is 0.0670. The van der Waals surface area contributed by atoms with Crippen LogP contribution in [0.25, 0.3) is 0 Å². The van der Waals surface area contributed by atoms with Gasteiger partial charge in [-0.3, -0.25) is 0 Å². The molecule has 0 spiro atoms. The molecule has 1 aromatic carbocycles. The van der Waals surface area contributed by atoms with Crippen molar-refractivity contribution in [3.8, 4) is 0 Å². The highest BCUT2D eigenvalue weighted by molar-refractivity contribution is 9.11. The summed E-state index contributed by atoms with van der Waals surface area (Å²) in [4.78, 5) is 1.23. The number of halogens is 2. The molecular formula is C13H12BrClS. The van der Waals surface area contributed by atoms with Crippen LogP contribution in [-0.2, 0) is 6.42 Å². The van der Waals surface area contributed by atoms with Crippen molar-refractivity contribution in [2.45, 2.75) is 18.7 Å². The lowest BCUT2D eigenvalue weighted by molar-refractivity contribution is 0.939. The molecule has 0 saturated carbocycles. The molecule has 1 heterocycles. The summed E-state index contributed by atoms with van der Waals surface area (Å²) in [6.45, 7) is 2.09. The maximum atomic E-state index is 6.42. The first-order valence-electron chi connectivity index (χ1n) is 5.10. The Morgan fingerprint density at radius 2 is 2.00 bits per heavy atom. The van der Waals surface area contributed by atoms with E-state index in [1.807, 2.05) is 6.07 Å². The molecule has 3 heteroatoms. The maximum Gasteiger partial charge on any atom is 0.0731 e. The van der Waals surface area contributed by atoms with Crippen molar-refractivity contribution in [1.82, 2.24) is 0 Å². The fourth-order valence-corrected chi connectivity index (χ4v) is 3.48. The number of hydrogen-bond acceptors (Lipinski definition) is 1. The third kappa shape index (κ3) is 2.88. The van der Waals surface area contributed by atoms with Gasteiger partial charge in [0.1, 0.15) is 0 Å². The molecule has 0 aliphatic heterocycles. The second kappa shape index (κ2) is 5.35. The van der Waals surface area contributed by atoms with Gasteiger partial charge >= 0.3 is 0 Å². The van der Waals surface area contributed by atoms with E-state index in [0.717, 1.165) is 6.42 Å². The van der Waals surface area contributed by atoms with Gasteiger partial charge in [-0.05, 0) is 46.5 Å². The van der Waals surface area contributed by atoms with Gasteiger partial charge in [0.2, 0.25) is 0 Å². The number of thiophene rings is 1. The van der Waals surface area contributed by atoms with Gasteiger partial charge < -0.3 is 0 Å². The van der Waals surface area contributed by atoms with Crippen molar-refractivity contribution < 1.29 is 0 Å². The molecule has 16 heavy (non-hydrogen) atoms. The van der Waals surface area contributed by atoms with E-state index >= 15 is 0 Å². The molecule has 1 unspecified atom stereocenters. The van der Waals surface area contributed by atoms with Gasteiger partial charge in [0.05, 0.1) is 9.16 Å². The lowest BCUT2D eigenvalue weighted by Gasteiger charge is -2.06. The molecule has 0 N–H and O–H groups in total. The van der Waals surface area contributed by atoms with Crippen molar-refractivity contribution in [2.24, 2.45) is 0 Å². The second-order valence-corrected chi connectivity index (χ2v) is 6.69. The monoisotopic (exact) mass is 314 g/mol. The SMILES string of the molecule is Cc1cc(C(Cl)Cc2ccccc2)sc1Br. The average molecular weight is 316 g/mol. The lowest BCUT2D eigenvalue weighted by Crippen LogP contribution is -1.92. The third-order valence-electron chi connectivity index (χ3n) is 2.44. The highest BCUT2D eigenvalue weighted by Crippen LogP contribution is 2.35. The molecule has 0 fully saturated rings. The van der Waals surface area contributed by atoms with Crippen LogP contribution in [0.5, 0.6) is 0 Å². The van der Waals surface area contributed by atoms with Crippen LogP contribution >= 0.6 is 38.9 Å². The molecule has 1 aromatic heterocycles. The van der Waals surface area contributed by atoms with Crippen molar-refractivity contribution >= 4 is 38.9 Å². The smallest absolute Gasteiger partial charge is 0.0731 e. The summed E-state index contributed by atoms with van der Waals surface area (Å²) in [5.41, 5.74) is 2.54. The summed E-state index contributed by atoms with van der Waals surface area (Å²) in [7, 11) is 0. The van der Waals surface area contributed by atoms with E-state index in [4.69, 9.17) is 11.6 Å². The van der Waals surface area contributed by atoms with E-state index in [2.05, 4.69) is 53.2 Å². The summed E-state index contributed by atoms with van der Waals surface area (Å²) in [6, 6.07) is 12.5. The van der Waals surface area contributed by atoms with Crippen molar-refractivity contribution in [2.75, 3.05) is 0 Å². The van der Waals surface area contributed by atoms with Gasteiger partial charge in [-0.15, -0.1) is 22.9 Å². The molecular weight excluding hydrogens is 304 g/mol. The van der Waals surface area contributed by atoms with Crippen LogP contribution in [0.1, 0.15) is 21.4 Å². The van der Waals surface area contributed by atoms with Crippen LogP contribution in [0.3, 0.4) is 0 Å². The Balaban J connectivity index is 2.11. The zero-order valence-corrected chi connectivity index (χ0v) is 12.1. The molecule has 0 bridgehead atoms. The first kappa shape index (κ1) is 12.2. The zero-order valence-electron chi connectivity index (χ0n) is 8.91. The van der Waals surface area contributed by atoms with Gasteiger partial charge in [-0.1, -0.05) is 30.3 Å². The molecule has 1 atom stereocenters. The summed E-state index contributed by atoms with van der Waals surface area (Å²) >= 11 is 11.7. The number of rotatable bonds is 3. The van der Waals surface area contributed by atoms with Gasteiger partial charge in [0, 0.05) is 4.88 Å². The molecule has 0 aliphatic carbocycles. The van der Waals surface area contributed by atoms with Crippen LogP contribution < -0.4 is 0 Å². The molecule has 0 aliphatic rings. The predicted octanol–water partition coefficient (Wildman–Crippen LogP) is 5.34. The Bertz CT molecular complexity index is 445. The topological polar surface area (TPSA) is 0 Å². The Morgan fingerprint density at radius 1 is 1.31 bits per heavy atom. The van der Waals surface area contributed by atoms with Crippen LogP contribution in [0.15, 0.2) is 40.2 Å². The van der Waals surface area contributed by atoms with Crippen molar-refractivity contribution in [3.05, 3.63) is 56.2 Å². The van der Waals surface area contributed by atoms with Gasteiger partial charge in [0.25, 0.3) is 0 Å². The quantitative estimate of drug-likeness (QED) is 0.670. The zero-order chi connectivity index (χ0) is 11.5. The molecule has 0 radical (unpaired) electrons. The number of aryl methyl sites for hydroxylation is 1. The van der Waals surface area contributed by atoms with E-state index in [0.29, 0.717) is 0 Å². The van der Waals surface area contributed by atoms with Crippen LogP contribution in [-0.4, -0.2) is 0 Å². The summed E-state index contributed by atoms with van der Waals surface area (Å²) in [5.74, 6) is 0. The third-order valence-corrected chi connectivity index (χ3v) is 5.21. The van der Waals surface area contributed by atoms with Gasteiger partial charge in [0.15, 0.2) is 0 Å². The van der Waals surface area contributed by atoms with Crippen LogP contribution in [0, 0.1) is 6.92 Å². The number of alkyl halides is 1. The highest BCUT2D eigenvalue weighted by atomic mass is 79.9. The normalized spacial score (nSPS) is 12.7. The summed E-state index contributed by atoms with van der Waals surface area (Å²) < 4.78 is 1.18. The molecule has 2 rings (SSSR count). The highest BCUT2D eigenvalue weighted by Gasteiger charge is 2.13. The van der Waals surface area contributed by atoms with Crippen LogP contribution in [0.4, 0.5) is 0 Å². The number of hydrogen-bond donors (Lipinski definition) is 0. The van der Waals surface area contributed by atoms with Gasteiger partial charge in [-0.25, -0.2) is 0 Å². The molecule has 2 aromatic rings. The summed E-state index contributed by atoms with van der Waals surface area (Å²) in [6.07, 6.45) is 0.884. The average Bonchev–Trinajstić information content (AvgIpc) is 2.61. The van der Waals surface area contributed by atoms with E-state index in [9.17, 15) is 0 Å². The molecule has 0 nitrogen and oxygen atoms in total. The van der Waals surface area contributed by atoms with Crippen LogP contribution in [0.2, 0.25) is 0 Å². The lowest BCUT2D eigenvalue weighted by atomic mass is 10.1. The van der Waals surface area contributed by atoms with Crippen molar-refractivity contribution in [1.29, 1.82) is 0 Å². The minimum atomic E-state index is 0.0670. The fourth-order valence-electron chi connectivity index (χ4n) is 1.56. The number of benzene rings is 1. The maximum absolute atomic E-state index is 6.42. The summed E-state index contributed by atoms with van der Waals surface area (Å²) in [5, 5.41) is 0.0670. The minimum Gasteiger partial charge on any atom is -0.131 e. The Hall–Kier alpha value is -0.310. The second-order valence-electron chi connectivity index (χ2n) is 3.76. The standard InChI is InChI=1S/C13H12BrClS/c1-9-7-12(16-13(9)14)11(15)8-10-5-3-2-4-6-10/h2-7,11H,8H2,1H3. The van der Waals surface area contributed by atoms with E-state index < -0.39 is 0 Å². The largest absolute Gasteiger partial charge is 0.131 e. The Labute approximate surface area is 113 Å². The fraction of sp³-hybridized carbons (Fsp3) is 0.231. The molecule has 0 saturated heterocycles. The first-order chi connectivity index (χ1) is 7.66. The molecule has 0 amide bonds. The van der Waals surface area contributed by atoms with Crippen molar-refractivity contribution in [3.63, 3.8) is 0 Å². The molecule has 84 valence electrons. The Kier molecular flexibility index (Phi) is 4.06. The van der Waals surface area contributed by atoms with E-state index in [-0.39, 0.29) is 5.38 Å².